The molecule has 0 fully saturated rings. The summed E-state index contributed by atoms with van der Waals surface area (Å²) in [5, 5.41) is 20.5. The lowest BCUT2D eigenvalue weighted by molar-refractivity contribution is 0.0455. The minimum Gasteiger partial charge on any atom is -0.386 e. The number of hydrogen-bond acceptors (Lipinski definition) is 3. The molecular weight excluding hydrogens is 240 g/mol. The topological polar surface area (TPSA) is 49.7 Å². The molecule has 0 aliphatic carbocycles. The first-order valence-corrected chi connectivity index (χ1v) is 7.31. The molecule has 0 heterocycles. The van der Waals surface area contributed by atoms with Crippen LogP contribution in [0.25, 0.3) is 0 Å². The van der Waals surface area contributed by atoms with Gasteiger partial charge in [0.15, 0.2) is 0 Å². The van der Waals surface area contributed by atoms with Crippen molar-refractivity contribution in [1.29, 1.82) is 0 Å². The van der Waals surface area contributed by atoms with Crippen LogP contribution in [0.4, 0.5) is 0 Å². The van der Waals surface area contributed by atoms with Crippen LogP contribution < -0.4 is 0 Å². The van der Waals surface area contributed by atoms with Crippen LogP contribution in [0.1, 0.15) is 54.4 Å². The molecule has 3 heteroatoms. The van der Waals surface area contributed by atoms with Crippen LogP contribution in [0.5, 0.6) is 0 Å². The van der Waals surface area contributed by atoms with Gasteiger partial charge in [0, 0.05) is 13.2 Å². The second kappa shape index (κ2) is 8.03. The standard InChI is InChI=1S/C16H32O3/c1-7-19-12-14(4)11-16(6,18)9-8-15(5,17)10-13(2)3/h8-9,13-14,17-18H,7,10-12H2,1-6H3/b9-8+. The highest BCUT2D eigenvalue weighted by Crippen LogP contribution is 2.23. The van der Waals surface area contributed by atoms with Crippen LogP contribution >= 0.6 is 0 Å². The lowest BCUT2D eigenvalue weighted by atomic mass is 9.89. The molecule has 0 radical (unpaired) electrons. The average molecular weight is 272 g/mol. The average Bonchev–Trinajstić information content (AvgIpc) is 2.22. The Morgan fingerprint density at radius 2 is 1.47 bits per heavy atom. The van der Waals surface area contributed by atoms with Gasteiger partial charge in [-0.25, -0.2) is 0 Å². The van der Waals surface area contributed by atoms with E-state index in [1.807, 2.05) is 6.92 Å². The van der Waals surface area contributed by atoms with Crippen molar-refractivity contribution < 1.29 is 14.9 Å². The van der Waals surface area contributed by atoms with E-state index < -0.39 is 11.2 Å². The number of rotatable bonds is 9. The van der Waals surface area contributed by atoms with Crippen molar-refractivity contribution in [1.82, 2.24) is 0 Å². The molecule has 114 valence electrons. The molecule has 3 unspecified atom stereocenters. The van der Waals surface area contributed by atoms with Crippen molar-refractivity contribution in [2.45, 2.75) is 65.6 Å². The van der Waals surface area contributed by atoms with Gasteiger partial charge >= 0.3 is 0 Å². The molecule has 3 nitrogen and oxygen atoms in total. The first-order chi connectivity index (χ1) is 8.58. The molecule has 0 aromatic carbocycles. The maximum absolute atomic E-state index is 10.3. The monoisotopic (exact) mass is 272 g/mol. The van der Waals surface area contributed by atoms with Crippen molar-refractivity contribution in [2.24, 2.45) is 11.8 Å². The van der Waals surface area contributed by atoms with Gasteiger partial charge in [-0.2, -0.15) is 0 Å². The smallest absolute Gasteiger partial charge is 0.0804 e. The largest absolute Gasteiger partial charge is 0.386 e. The van der Waals surface area contributed by atoms with Gasteiger partial charge in [0.2, 0.25) is 0 Å². The third-order valence-electron chi connectivity index (χ3n) is 2.99. The molecule has 0 rings (SSSR count). The van der Waals surface area contributed by atoms with Crippen molar-refractivity contribution in [3.05, 3.63) is 12.2 Å². The second-order valence-electron chi connectivity index (χ2n) is 6.61. The predicted octanol–water partition coefficient (Wildman–Crippen LogP) is 3.15. The van der Waals surface area contributed by atoms with Crippen molar-refractivity contribution >= 4 is 0 Å². The summed E-state index contributed by atoms with van der Waals surface area (Å²) in [4.78, 5) is 0. The van der Waals surface area contributed by atoms with Gasteiger partial charge in [0.1, 0.15) is 0 Å². The minimum atomic E-state index is -0.905. The minimum absolute atomic E-state index is 0.287. The zero-order valence-corrected chi connectivity index (χ0v) is 13.4. The molecular formula is C16H32O3. The fourth-order valence-corrected chi connectivity index (χ4v) is 2.41. The summed E-state index contributed by atoms with van der Waals surface area (Å²) in [6, 6.07) is 0. The van der Waals surface area contributed by atoms with Crippen LogP contribution in [0.15, 0.2) is 12.2 Å². The Morgan fingerprint density at radius 1 is 1.00 bits per heavy atom. The zero-order chi connectivity index (χ0) is 15.1. The first-order valence-electron chi connectivity index (χ1n) is 7.31. The fraction of sp³-hybridized carbons (Fsp3) is 0.875. The van der Waals surface area contributed by atoms with Gasteiger partial charge in [-0.15, -0.1) is 0 Å². The summed E-state index contributed by atoms with van der Waals surface area (Å²) in [5.41, 5.74) is -1.77. The molecule has 3 atom stereocenters. The lowest BCUT2D eigenvalue weighted by Gasteiger charge is -2.26. The third-order valence-corrected chi connectivity index (χ3v) is 2.99. The molecule has 0 aromatic heterocycles. The van der Waals surface area contributed by atoms with E-state index in [1.54, 1.807) is 26.0 Å². The predicted molar refractivity (Wildman–Crippen MR) is 80.1 cm³/mol. The van der Waals surface area contributed by atoms with Crippen molar-refractivity contribution in [3.63, 3.8) is 0 Å². The molecule has 0 aliphatic rings. The second-order valence-corrected chi connectivity index (χ2v) is 6.61. The Hall–Kier alpha value is -0.380. The summed E-state index contributed by atoms with van der Waals surface area (Å²) in [6.07, 6.45) is 4.76. The van der Waals surface area contributed by atoms with E-state index in [9.17, 15) is 10.2 Å². The van der Waals surface area contributed by atoms with Crippen LogP contribution in [0.3, 0.4) is 0 Å². The zero-order valence-electron chi connectivity index (χ0n) is 13.4. The fourth-order valence-electron chi connectivity index (χ4n) is 2.41. The SMILES string of the molecule is CCOCC(C)CC(C)(O)/C=C/C(C)(O)CC(C)C. The molecule has 0 aromatic rings. The van der Waals surface area contributed by atoms with Gasteiger partial charge in [-0.1, -0.05) is 32.9 Å². The lowest BCUT2D eigenvalue weighted by Crippen LogP contribution is -2.29. The normalized spacial score (nSPS) is 20.5. The summed E-state index contributed by atoms with van der Waals surface area (Å²) < 4.78 is 5.35. The first kappa shape index (κ1) is 18.6. The Kier molecular flexibility index (Phi) is 7.87. The molecule has 2 N–H and O–H groups in total. The van der Waals surface area contributed by atoms with Gasteiger partial charge in [0.05, 0.1) is 11.2 Å². The highest BCUT2D eigenvalue weighted by molar-refractivity contribution is 5.06. The maximum atomic E-state index is 10.3. The number of ether oxygens (including phenoxy) is 1. The van der Waals surface area contributed by atoms with E-state index in [4.69, 9.17) is 4.74 Å². The Balaban J connectivity index is 4.41. The van der Waals surface area contributed by atoms with Gasteiger partial charge in [-0.05, 0) is 45.4 Å². The maximum Gasteiger partial charge on any atom is 0.0804 e. The number of hydrogen-bond donors (Lipinski definition) is 2. The molecule has 0 aliphatic heterocycles. The summed E-state index contributed by atoms with van der Waals surface area (Å²) >= 11 is 0. The Bertz CT molecular complexity index is 267. The van der Waals surface area contributed by atoms with E-state index in [0.29, 0.717) is 32.0 Å². The molecule has 0 bridgehead atoms. The molecule has 0 spiro atoms. The molecule has 0 amide bonds. The summed E-state index contributed by atoms with van der Waals surface area (Å²) in [5.74, 6) is 0.705. The van der Waals surface area contributed by atoms with Crippen molar-refractivity contribution in [3.8, 4) is 0 Å². The van der Waals surface area contributed by atoms with Crippen LogP contribution in [0, 0.1) is 11.8 Å². The van der Waals surface area contributed by atoms with Crippen LogP contribution in [-0.2, 0) is 4.74 Å². The number of aliphatic hydroxyl groups is 2. The molecule has 19 heavy (non-hydrogen) atoms. The van der Waals surface area contributed by atoms with Gasteiger partial charge in [0.25, 0.3) is 0 Å². The molecule has 0 saturated heterocycles. The third kappa shape index (κ3) is 10.1. The van der Waals surface area contributed by atoms with Crippen LogP contribution in [-0.4, -0.2) is 34.6 Å². The highest BCUT2D eigenvalue weighted by Gasteiger charge is 2.24. The van der Waals surface area contributed by atoms with E-state index in [2.05, 4.69) is 20.8 Å². The molecule has 0 saturated carbocycles. The Labute approximate surface area is 118 Å². The van der Waals surface area contributed by atoms with E-state index in [1.165, 1.54) is 0 Å². The van der Waals surface area contributed by atoms with Gasteiger partial charge < -0.3 is 14.9 Å². The van der Waals surface area contributed by atoms with Gasteiger partial charge in [-0.3, -0.25) is 0 Å². The van der Waals surface area contributed by atoms with Crippen molar-refractivity contribution in [2.75, 3.05) is 13.2 Å². The van der Waals surface area contributed by atoms with E-state index >= 15 is 0 Å². The summed E-state index contributed by atoms with van der Waals surface area (Å²) in [6.45, 7) is 13.1. The van der Waals surface area contributed by atoms with Crippen LogP contribution in [0.2, 0.25) is 0 Å². The summed E-state index contributed by atoms with van der Waals surface area (Å²) in [7, 11) is 0. The highest BCUT2D eigenvalue weighted by atomic mass is 16.5. The Morgan fingerprint density at radius 3 is 1.89 bits per heavy atom. The quantitative estimate of drug-likeness (QED) is 0.634. The van der Waals surface area contributed by atoms with E-state index in [0.717, 1.165) is 0 Å². The van der Waals surface area contributed by atoms with E-state index in [-0.39, 0.29) is 5.92 Å².